The summed E-state index contributed by atoms with van der Waals surface area (Å²) in [5, 5.41) is 11.2. The first kappa shape index (κ1) is 10.8. The lowest BCUT2D eigenvalue weighted by atomic mass is 10.2. The van der Waals surface area contributed by atoms with Crippen molar-refractivity contribution < 1.29 is 4.52 Å². The third-order valence-corrected chi connectivity index (χ3v) is 2.43. The molecular formula is C10H15N5O. The lowest BCUT2D eigenvalue weighted by Crippen LogP contribution is -2.20. The zero-order chi connectivity index (χ0) is 11.5. The van der Waals surface area contributed by atoms with Crippen molar-refractivity contribution in [1.82, 2.24) is 25.2 Å². The van der Waals surface area contributed by atoms with Gasteiger partial charge in [-0.1, -0.05) is 5.16 Å². The third kappa shape index (κ3) is 2.27. The SMILES string of the molecule is Cc1noc(CNC(C)c2ccnn2C)n1. The van der Waals surface area contributed by atoms with Gasteiger partial charge in [0.2, 0.25) is 5.89 Å². The Bertz CT molecular complexity index is 461. The van der Waals surface area contributed by atoms with Gasteiger partial charge in [-0.2, -0.15) is 10.1 Å². The van der Waals surface area contributed by atoms with E-state index in [9.17, 15) is 0 Å². The maximum absolute atomic E-state index is 5.02. The second-order valence-electron chi connectivity index (χ2n) is 3.72. The first-order valence-corrected chi connectivity index (χ1v) is 5.17. The Balaban J connectivity index is 1.93. The number of nitrogens with zero attached hydrogens (tertiary/aromatic N) is 4. The van der Waals surface area contributed by atoms with E-state index in [0.29, 0.717) is 18.3 Å². The van der Waals surface area contributed by atoms with E-state index in [0.717, 1.165) is 5.69 Å². The van der Waals surface area contributed by atoms with E-state index >= 15 is 0 Å². The molecule has 2 heterocycles. The van der Waals surface area contributed by atoms with Gasteiger partial charge in [-0.3, -0.25) is 4.68 Å². The van der Waals surface area contributed by atoms with Crippen LogP contribution in [-0.4, -0.2) is 19.9 Å². The maximum Gasteiger partial charge on any atom is 0.240 e. The summed E-state index contributed by atoms with van der Waals surface area (Å²) in [6, 6.07) is 2.18. The van der Waals surface area contributed by atoms with Gasteiger partial charge >= 0.3 is 0 Å². The highest BCUT2D eigenvalue weighted by molar-refractivity contribution is 5.05. The fourth-order valence-corrected chi connectivity index (χ4v) is 1.57. The standard InChI is InChI=1S/C10H15N5O/c1-7(9-4-5-12-15(9)3)11-6-10-13-8(2)14-16-10/h4-5,7,11H,6H2,1-3H3. The summed E-state index contributed by atoms with van der Waals surface area (Å²) in [4.78, 5) is 4.12. The van der Waals surface area contributed by atoms with Gasteiger partial charge in [-0.25, -0.2) is 0 Å². The van der Waals surface area contributed by atoms with E-state index < -0.39 is 0 Å². The molecule has 16 heavy (non-hydrogen) atoms. The average Bonchev–Trinajstić information content (AvgIpc) is 2.84. The molecule has 1 atom stereocenters. The van der Waals surface area contributed by atoms with Crippen LogP contribution < -0.4 is 5.32 Å². The number of hydrogen-bond donors (Lipinski definition) is 1. The van der Waals surface area contributed by atoms with Crippen LogP contribution in [0.5, 0.6) is 0 Å². The molecule has 0 aromatic carbocycles. The van der Waals surface area contributed by atoms with Crippen molar-refractivity contribution in [2.45, 2.75) is 26.4 Å². The second kappa shape index (κ2) is 4.44. The fraction of sp³-hybridized carbons (Fsp3) is 0.500. The second-order valence-corrected chi connectivity index (χ2v) is 3.72. The van der Waals surface area contributed by atoms with E-state index in [1.54, 1.807) is 13.1 Å². The molecule has 0 fully saturated rings. The molecule has 1 N–H and O–H groups in total. The van der Waals surface area contributed by atoms with Crippen molar-refractivity contribution in [2.75, 3.05) is 0 Å². The Morgan fingerprint density at radius 2 is 2.38 bits per heavy atom. The van der Waals surface area contributed by atoms with E-state index in [1.807, 2.05) is 17.8 Å². The first-order chi connectivity index (χ1) is 7.66. The summed E-state index contributed by atoms with van der Waals surface area (Å²) in [6.45, 7) is 4.44. The Morgan fingerprint density at radius 1 is 1.56 bits per heavy atom. The third-order valence-electron chi connectivity index (χ3n) is 2.43. The Morgan fingerprint density at radius 3 is 2.94 bits per heavy atom. The molecular weight excluding hydrogens is 206 g/mol. The highest BCUT2D eigenvalue weighted by Gasteiger charge is 2.10. The molecule has 0 bridgehead atoms. The molecule has 2 rings (SSSR count). The van der Waals surface area contributed by atoms with E-state index in [2.05, 4.69) is 27.5 Å². The van der Waals surface area contributed by atoms with Crippen LogP contribution in [-0.2, 0) is 13.6 Å². The Labute approximate surface area is 93.7 Å². The number of aryl methyl sites for hydroxylation is 2. The number of hydrogen-bond acceptors (Lipinski definition) is 5. The largest absolute Gasteiger partial charge is 0.338 e. The predicted molar refractivity (Wildman–Crippen MR) is 57.5 cm³/mol. The predicted octanol–water partition coefficient (Wildman–Crippen LogP) is 0.962. The minimum absolute atomic E-state index is 0.194. The van der Waals surface area contributed by atoms with Gasteiger partial charge in [0.05, 0.1) is 12.2 Å². The highest BCUT2D eigenvalue weighted by atomic mass is 16.5. The average molecular weight is 221 g/mol. The van der Waals surface area contributed by atoms with E-state index in [4.69, 9.17) is 4.52 Å². The zero-order valence-electron chi connectivity index (χ0n) is 9.64. The number of aromatic nitrogens is 4. The molecule has 0 radical (unpaired) electrons. The molecule has 0 saturated carbocycles. The van der Waals surface area contributed by atoms with Crippen molar-refractivity contribution in [1.29, 1.82) is 0 Å². The lowest BCUT2D eigenvalue weighted by Gasteiger charge is -2.12. The molecule has 0 aliphatic carbocycles. The molecule has 0 aliphatic heterocycles. The van der Waals surface area contributed by atoms with Crippen LogP contribution in [0, 0.1) is 6.92 Å². The van der Waals surface area contributed by atoms with Crippen LogP contribution in [0.4, 0.5) is 0 Å². The van der Waals surface area contributed by atoms with Crippen LogP contribution in [0.3, 0.4) is 0 Å². The summed E-state index contributed by atoms with van der Waals surface area (Å²) in [5.74, 6) is 1.26. The van der Waals surface area contributed by atoms with Gasteiger partial charge in [0.1, 0.15) is 0 Å². The van der Waals surface area contributed by atoms with Crippen molar-refractivity contribution in [2.24, 2.45) is 7.05 Å². The van der Waals surface area contributed by atoms with Gasteiger partial charge in [0, 0.05) is 19.3 Å². The molecule has 0 saturated heterocycles. The maximum atomic E-state index is 5.02. The van der Waals surface area contributed by atoms with Crippen LogP contribution >= 0.6 is 0 Å². The fourth-order valence-electron chi connectivity index (χ4n) is 1.57. The molecule has 1 unspecified atom stereocenters. The quantitative estimate of drug-likeness (QED) is 0.832. The van der Waals surface area contributed by atoms with Crippen LogP contribution in [0.2, 0.25) is 0 Å². The minimum atomic E-state index is 0.194. The summed E-state index contributed by atoms with van der Waals surface area (Å²) in [5.41, 5.74) is 1.12. The summed E-state index contributed by atoms with van der Waals surface area (Å²) >= 11 is 0. The smallest absolute Gasteiger partial charge is 0.240 e. The van der Waals surface area contributed by atoms with Crippen molar-refractivity contribution >= 4 is 0 Å². The molecule has 0 aliphatic rings. The molecule has 2 aromatic heterocycles. The summed E-state index contributed by atoms with van der Waals surface area (Å²) < 4.78 is 6.86. The van der Waals surface area contributed by atoms with Gasteiger partial charge in [0.25, 0.3) is 0 Å². The van der Waals surface area contributed by atoms with E-state index in [-0.39, 0.29) is 6.04 Å². The Kier molecular flexibility index (Phi) is 3.00. The monoisotopic (exact) mass is 221 g/mol. The van der Waals surface area contributed by atoms with Crippen molar-refractivity contribution in [3.63, 3.8) is 0 Å². The molecule has 6 heteroatoms. The lowest BCUT2D eigenvalue weighted by molar-refractivity contribution is 0.355. The zero-order valence-corrected chi connectivity index (χ0v) is 9.64. The first-order valence-electron chi connectivity index (χ1n) is 5.17. The van der Waals surface area contributed by atoms with Crippen LogP contribution in [0.25, 0.3) is 0 Å². The van der Waals surface area contributed by atoms with Crippen LogP contribution in [0.1, 0.15) is 30.4 Å². The molecule has 0 amide bonds. The van der Waals surface area contributed by atoms with Crippen molar-refractivity contribution in [3.8, 4) is 0 Å². The van der Waals surface area contributed by atoms with Gasteiger partial charge in [0.15, 0.2) is 5.82 Å². The summed E-state index contributed by atoms with van der Waals surface area (Å²) in [6.07, 6.45) is 1.78. The normalized spacial score (nSPS) is 12.9. The van der Waals surface area contributed by atoms with Gasteiger partial charge in [-0.05, 0) is 19.9 Å². The molecule has 2 aromatic rings. The van der Waals surface area contributed by atoms with Crippen LogP contribution in [0.15, 0.2) is 16.8 Å². The Hall–Kier alpha value is -1.69. The van der Waals surface area contributed by atoms with Crippen molar-refractivity contribution in [3.05, 3.63) is 29.7 Å². The highest BCUT2D eigenvalue weighted by Crippen LogP contribution is 2.10. The van der Waals surface area contributed by atoms with Gasteiger partial charge < -0.3 is 9.84 Å². The minimum Gasteiger partial charge on any atom is -0.338 e. The topological polar surface area (TPSA) is 68.8 Å². The summed E-state index contributed by atoms with van der Waals surface area (Å²) in [7, 11) is 1.92. The van der Waals surface area contributed by atoms with E-state index in [1.165, 1.54) is 0 Å². The molecule has 0 spiro atoms. The number of rotatable bonds is 4. The molecule has 6 nitrogen and oxygen atoms in total. The number of nitrogens with one attached hydrogen (secondary N) is 1. The van der Waals surface area contributed by atoms with Gasteiger partial charge in [-0.15, -0.1) is 0 Å². The molecule has 86 valence electrons.